The van der Waals surface area contributed by atoms with Gasteiger partial charge in [-0.1, -0.05) is 33.6 Å². The SMILES string of the molecule is CCCNCC(C(C)C)N1CCCCCC1C. The van der Waals surface area contributed by atoms with Crippen molar-refractivity contribution in [2.75, 3.05) is 19.6 Å². The molecule has 1 saturated heterocycles. The molecule has 1 aliphatic heterocycles. The molecule has 1 aliphatic rings. The predicted octanol–water partition coefficient (Wildman–Crippen LogP) is 3.28. The van der Waals surface area contributed by atoms with E-state index in [0.29, 0.717) is 0 Å². The van der Waals surface area contributed by atoms with E-state index >= 15 is 0 Å². The molecule has 0 aromatic carbocycles. The number of hydrogen-bond acceptors (Lipinski definition) is 2. The molecule has 2 unspecified atom stereocenters. The molecule has 0 spiro atoms. The predicted molar refractivity (Wildman–Crippen MR) is 76.4 cm³/mol. The van der Waals surface area contributed by atoms with Crippen LogP contribution in [0.4, 0.5) is 0 Å². The molecular weight excluding hydrogens is 208 g/mol. The maximum Gasteiger partial charge on any atom is 0.0246 e. The minimum absolute atomic E-state index is 0.717. The van der Waals surface area contributed by atoms with Gasteiger partial charge in [0.15, 0.2) is 0 Å². The topological polar surface area (TPSA) is 15.3 Å². The lowest BCUT2D eigenvalue weighted by Gasteiger charge is -2.38. The largest absolute Gasteiger partial charge is 0.315 e. The molecule has 0 aliphatic carbocycles. The fourth-order valence-corrected chi connectivity index (χ4v) is 2.95. The minimum Gasteiger partial charge on any atom is -0.315 e. The average Bonchev–Trinajstić information content (AvgIpc) is 2.49. The second-order valence-corrected chi connectivity index (χ2v) is 5.95. The molecule has 0 saturated carbocycles. The first-order valence-electron chi connectivity index (χ1n) is 7.63. The van der Waals surface area contributed by atoms with Gasteiger partial charge in [0.05, 0.1) is 0 Å². The lowest BCUT2D eigenvalue weighted by Crippen LogP contribution is -2.49. The summed E-state index contributed by atoms with van der Waals surface area (Å²) < 4.78 is 0. The van der Waals surface area contributed by atoms with Gasteiger partial charge in [0.1, 0.15) is 0 Å². The van der Waals surface area contributed by atoms with Crippen LogP contribution in [-0.2, 0) is 0 Å². The van der Waals surface area contributed by atoms with Crippen LogP contribution in [0.3, 0.4) is 0 Å². The molecule has 0 aromatic heterocycles. The van der Waals surface area contributed by atoms with Crippen LogP contribution >= 0.6 is 0 Å². The molecule has 1 fully saturated rings. The van der Waals surface area contributed by atoms with Gasteiger partial charge in [0.2, 0.25) is 0 Å². The Labute approximate surface area is 108 Å². The van der Waals surface area contributed by atoms with Crippen molar-refractivity contribution in [3.8, 4) is 0 Å². The molecule has 2 atom stereocenters. The summed E-state index contributed by atoms with van der Waals surface area (Å²) in [5.41, 5.74) is 0. The van der Waals surface area contributed by atoms with Crippen molar-refractivity contribution in [3.05, 3.63) is 0 Å². The summed E-state index contributed by atoms with van der Waals surface area (Å²) in [5.74, 6) is 0.750. The normalized spacial score (nSPS) is 24.9. The van der Waals surface area contributed by atoms with Crippen molar-refractivity contribution in [3.63, 3.8) is 0 Å². The van der Waals surface area contributed by atoms with Crippen LogP contribution in [-0.4, -0.2) is 36.6 Å². The monoisotopic (exact) mass is 240 g/mol. The first kappa shape index (κ1) is 15.0. The third kappa shape index (κ3) is 4.97. The lowest BCUT2D eigenvalue weighted by atomic mass is 10.00. The van der Waals surface area contributed by atoms with E-state index in [2.05, 4.69) is 37.9 Å². The Bertz CT molecular complexity index is 191. The number of nitrogens with one attached hydrogen (secondary N) is 1. The molecular formula is C15H32N2. The van der Waals surface area contributed by atoms with Gasteiger partial charge >= 0.3 is 0 Å². The highest BCUT2D eigenvalue weighted by atomic mass is 15.2. The number of likely N-dealkylation sites (tertiary alicyclic amines) is 1. The molecule has 1 heterocycles. The highest BCUT2D eigenvalue weighted by Gasteiger charge is 2.26. The van der Waals surface area contributed by atoms with Gasteiger partial charge in [-0.2, -0.15) is 0 Å². The number of rotatable bonds is 6. The van der Waals surface area contributed by atoms with E-state index in [1.165, 1.54) is 38.6 Å². The van der Waals surface area contributed by atoms with E-state index in [1.54, 1.807) is 0 Å². The Morgan fingerprint density at radius 2 is 2.00 bits per heavy atom. The Kier molecular flexibility index (Phi) is 7.14. The number of hydrogen-bond donors (Lipinski definition) is 1. The zero-order valence-corrected chi connectivity index (χ0v) is 12.3. The van der Waals surface area contributed by atoms with Crippen LogP contribution in [0.25, 0.3) is 0 Å². The van der Waals surface area contributed by atoms with Crippen LogP contribution < -0.4 is 5.32 Å². The molecule has 0 aromatic rings. The van der Waals surface area contributed by atoms with E-state index in [4.69, 9.17) is 0 Å². The first-order valence-corrected chi connectivity index (χ1v) is 7.63. The molecule has 0 bridgehead atoms. The molecule has 2 heteroatoms. The van der Waals surface area contributed by atoms with Gasteiger partial charge in [-0.3, -0.25) is 4.90 Å². The van der Waals surface area contributed by atoms with Crippen LogP contribution in [0, 0.1) is 5.92 Å². The fraction of sp³-hybridized carbons (Fsp3) is 1.00. The first-order chi connectivity index (χ1) is 8.16. The quantitative estimate of drug-likeness (QED) is 0.717. The third-order valence-electron chi connectivity index (χ3n) is 4.08. The molecule has 17 heavy (non-hydrogen) atoms. The Morgan fingerprint density at radius 3 is 2.65 bits per heavy atom. The van der Waals surface area contributed by atoms with Crippen molar-refractivity contribution < 1.29 is 0 Å². The van der Waals surface area contributed by atoms with Crippen molar-refractivity contribution in [2.45, 2.75) is 71.9 Å². The van der Waals surface area contributed by atoms with Gasteiger partial charge in [-0.15, -0.1) is 0 Å². The van der Waals surface area contributed by atoms with E-state index in [0.717, 1.165) is 31.1 Å². The van der Waals surface area contributed by atoms with Gasteiger partial charge in [-0.05, 0) is 45.2 Å². The van der Waals surface area contributed by atoms with Crippen molar-refractivity contribution in [1.82, 2.24) is 10.2 Å². The van der Waals surface area contributed by atoms with E-state index in [9.17, 15) is 0 Å². The third-order valence-corrected chi connectivity index (χ3v) is 4.08. The second kappa shape index (κ2) is 8.10. The van der Waals surface area contributed by atoms with E-state index in [1.807, 2.05) is 0 Å². The summed E-state index contributed by atoms with van der Waals surface area (Å²) in [7, 11) is 0. The van der Waals surface area contributed by atoms with Gasteiger partial charge < -0.3 is 5.32 Å². The minimum atomic E-state index is 0.717. The zero-order chi connectivity index (χ0) is 12.7. The Hall–Kier alpha value is -0.0800. The Balaban J connectivity index is 2.53. The van der Waals surface area contributed by atoms with Crippen molar-refractivity contribution in [2.24, 2.45) is 5.92 Å². The summed E-state index contributed by atoms with van der Waals surface area (Å²) in [5, 5.41) is 3.61. The maximum absolute atomic E-state index is 3.61. The molecule has 2 nitrogen and oxygen atoms in total. The zero-order valence-electron chi connectivity index (χ0n) is 12.3. The summed E-state index contributed by atoms with van der Waals surface area (Å²) in [6.45, 7) is 13.0. The van der Waals surface area contributed by atoms with Crippen molar-refractivity contribution in [1.29, 1.82) is 0 Å². The summed E-state index contributed by atoms with van der Waals surface area (Å²) in [6, 6.07) is 1.49. The summed E-state index contributed by atoms with van der Waals surface area (Å²) in [4.78, 5) is 2.76. The Morgan fingerprint density at radius 1 is 1.24 bits per heavy atom. The number of nitrogens with zero attached hydrogens (tertiary/aromatic N) is 1. The van der Waals surface area contributed by atoms with Gasteiger partial charge in [0, 0.05) is 18.6 Å². The molecule has 1 rings (SSSR count). The fourth-order valence-electron chi connectivity index (χ4n) is 2.95. The maximum atomic E-state index is 3.61. The smallest absolute Gasteiger partial charge is 0.0246 e. The second-order valence-electron chi connectivity index (χ2n) is 5.95. The van der Waals surface area contributed by atoms with Gasteiger partial charge in [0.25, 0.3) is 0 Å². The van der Waals surface area contributed by atoms with Crippen LogP contribution in [0.1, 0.15) is 59.8 Å². The van der Waals surface area contributed by atoms with Crippen LogP contribution in [0.15, 0.2) is 0 Å². The lowest BCUT2D eigenvalue weighted by molar-refractivity contribution is 0.111. The van der Waals surface area contributed by atoms with Crippen LogP contribution in [0.5, 0.6) is 0 Å². The standard InChI is InChI=1S/C15H32N2/c1-5-10-16-12-15(13(2)3)17-11-8-6-7-9-14(17)4/h13-16H,5-12H2,1-4H3. The molecule has 0 amide bonds. The summed E-state index contributed by atoms with van der Waals surface area (Å²) in [6.07, 6.45) is 6.86. The highest BCUT2D eigenvalue weighted by molar-refractivity contribution is 4.82. The van der Waals surface area contributed by atoms with Gasteiger partial charge in [-0.25, -0.2) is 0 Å². The highest BCUT2D eigenvalue weighted by Crippen LogP contribution is 2.22. The van der Waals surface area contributed by atoms with Crippen LogP contribution in [0.2, 0.25) is 0 Å². The van der Waals surface area contributed by atoms with E-state index in [-0.39, 0.29) is 0 Å². The van der Waals surface area contributed by atoms with E-state index < -0.39 is 0 Å². The van der Waals surface area contributed by atoms with Crippen molar-refractivity contribution >= 4 is 0 Å². The molecule has 0 radical (unpaired) electrons. The molecule has 102 valence electrons. The summed E-state index contributed by atoms with van der Waals surface area (Å²) >= 11 is 0. The molecule has 1 N–H and O–H groups in total. The average molecular weight is 240 g/mol.